The normalized spacial score (nSPS) is 18.9. The Labute approximate surface area is 197 Å². The van der Waals surface area contributed by atoms with E-state index in [1.54, 1.807) is 13.1 Å². The average molecular weight is 476 g/mol. The van der Waals surface area contributed by atoms with E-state index in [-0.39, 0.29) is 17.8 Å². The molecular weight excluding hydrogens is 447 g/mol. The van der Waals surface area contributed by atoms with Crippen LogP contribution < -0.4 is 14.5 Å². The van der Waals surface area contributed by atoms with Gasteiger partial charge in [0.15, 0.2) is 0 Å². The molecule has 0 N–H and O–H groups in total. The van der Waals surface area contributed by atoms with Crippen LogP contribution in [0.5, 0.6) is 5.75 Å². The lowest BCUT2D eigenvalue weighted by atomic mass is 10.0. The second kappa shape index (κ2) is 9.54. The summed E-state index contributed by atoms with van der Waals surface area (Å²) in [7, 11) is 3.80. The van der Waals surface area contributed by atoms with Gasteiger partial charge in [-0.1, -0.05) is 6.07 Å². The van der Waals surface area contributed by atoms with Crippen molar-refractivity contribution in [3.8, 4) is 5.75 Å². The number of halogens is 3. The van der Waals surface area contributed by atoms with Crippen LogP contribution >= 0.6 is 0 Å². The van der Waals surface area contributed by atoms with Crippen LogP contribution in [0.25, 0.3) is 0 Å². The fourth-order valence-corrected chi connectivity index (χ4v) is 4.17. The zero-order valence-electron chi connectivity index (χ0n) is 19.4. The van der Waals surface area contributed by atoms with E-state index < -0.39 is 6.36 Å². The van der Waals surface area contributed by atoms with Crippen molar-refractivity contribution in [3.05, 3.63) is 53.6 Å². The van der Waals surface area contributed by atoms with Gasteiger partial charge in [0.1, 0.15) is 5.75 Å². The van der Waals surface area contributed by atoms with Gasteiger partial charge in [-0.15, -0.1) is 13.2 Å². The summed E-state index contributed by atoms with van der Waals surface area (Å²) in [4.78, 5) is 19.4. The van der Waals surface area contributed by atoms with Crippen molar-refractivity contribution in [2.75, 3.05) is 50.1 Å². The highest BCUT2D eigenvalue weighted by Crippen LogP contribution is 2.28. The molecule has 0 aliphatic carbocycles. The van der Waals surface area contributed by atoms with Gasteiger partial charge in [0, 0.05) is 50.2 Å². The number of rotatable bonds is 3. The van der Waals surface area contributed by atoms with Crippen molar-refractivity contribution < 1.29 is 22.7 Å². The monoisotopic (exact) mass is 475 g/mol. The van der Waals surface area contributed by atoms with Crippen LogP contribution in [0, 0.1) is 0 Å². The lowest BCUT2D eigenvalue weighted by molar-refractivity contribution is -0.274. The van der Waals surface area contributed by atoms with Gasteiger partial charge in [-0.25, -0.2) is 9.80 Å². The van der Waals surface area contributed by atoms with Crippen molar-refractivity contribution in [1.82, 2.24) is 9.91 Å². The molecule has 2 aliphatic rings. The maximum atomic E-state index is 13.2. The Morgan fingerprint density at radius 1 is 1.09 bits per heavy atom. The fourth-order valence-electron chi connectivity index (χ4n) is 4.17. The Kier molecular flexibility index (Phi) is 6.70. The number of amides is 2. The topological polar surface area (TPSA) is 51.6 Å². The van der Waals surface area contributed by atoms with E-state index in [1.807, 2.05) is 31.2 Å². The molecule has 2 amide bonds. The number of piperazine rings is 1. The van der Waals surface area contributed by atoms with Gasteiger partial charge < -0.3 is 14.5 Å². The summed E-state index contributed by atoms with van der Waals surface area (Å²) in [6.45, 7) is 5.80. The van der Waals surface area contributed by atoms with Crippen LogP contribution in [0.15, 0.2) is 47.6 Å². The van der Waals surface area contributed by atoms with Gasteiger partial charge in [0.25, 0.3) is 0 Å². The highest BCUT2D eigenvalue weighted by atomic mass is 19.4. The molecule has 7 nitrogen and oxygen atoms in total. The van der Waals surface area contributed by atoms with Crippen LogP contribution in [0.3, 0.4) is 0 Å². The molecule has 2 aromatic rings. The first-order valence-corrected chi connectivity index (χ1v) is 11.1. The van der Waals surface area contributed by atoms with Crippen molar-refractivity contribution in [1.29, 1.82) is 0 Å². The number of ether oxygens (including phenoxy) is 1. The Hall–Kier alpha value is -3.27. The summed E-state index contributed by atoms with van der Waals surface area (Å²) in [5.74, 6) is -0.317. The maximum absolute atomic E-state index is 13.2. The Morgan fingerprint density at radius 2 is 1.76 bits per heavy atom. The number of likely N-dealkylation sites (N-methyl/N-ethyl adjacent to an activating group) is 1. The molecule has 0 bridgehead atoms. The third-order valence-corrected chi connectivity index (χ3v) is 6.19. The molecule has 182 valence electrons. The van der Waals surface area contributed by atoms with E-state index in [1.165, 1.54) is 28.3 Å². The van der Waals surface area contributed by atoms with Gasteiger partial charge in [-0.05, 0) is 62.4 Å². The Morgan fingerprint density at radius 3 is 2.41 bits per heavy atom. The molecule has 0 unspecified atom stereocenters. The molecule has 0 saturated carbocycles. The summed E-state index contributed by atoms with van der Waals surface area (Å²) < 4.78 is 41.7. The minimum Gasteiger partial charge on any atom is -0.406 e. The van der Waals surface area contributed by atoms with Gasteiger partial charge in [0.2, 0.25) is 0 Å². The predicted molar refractivity (Wildman–Crippen MR) is 126 cm³/mol. The highest BCUT2D eigenvalue weighted by Gasteiger charge is 2.32. The third kappa shape index (κ3) is 5.44. The fraction of sp³-hybridized carbons (Fsp3) is 0.417. The number of alkyl halides is 3. The van der Waals surface area contributed by atoms with E-state index >= 15 is 0 Å². The summed E-state index contributed by atoms with van der Waals surface area (Å²) in [5, 5.41) is 5.65. The molecule has 34 heavy (non-hydrogen) atoms. The molecule has 1 fully saturated rings. The SMILES string of the molecule is C[C@@H]1Cc2ccc(OC(F)(F)F)cc2C=NN1C(=O)N(C)c1ccc(N2CCN(C)CC2)cc1. The summed E-state index contributed by atoms with van der Waals surface area (Å²) in [6.07, 6.45) is -2.91. The zero-order valence-corrected chi connectivity index (χ0v) is 19.4. The average Bonchev–Trinajstić information content (AvgIpc) is 2.95. The van der Waals surface area contributed by atoms with Gasteiger partial charge in [-0.2, -0.15) is 5.10 Å². The predicted octanol–water partition coefficient (Wildman–Crippen LogP) is 4.17. The molecule has 1 saturated heterocycles. The number of carbonyl (C=O) groups excluding carboxylic acids is 1. The lowest BCUT2D eigenvalue weighted by Crippen LogP contribution is -2.44. The third-order valence-electron chi connectivity index (χ3n) is 6.19. The first-order valence-electron chi connectivity index (χ1n) is 11.1. The second-order valence-electron chi connectivity index (χ2n) is 8.70. The molecule has 4 rings (SSSR count). The zero-order chi connectivity index (χ0) is 24.5. The molecule has 1 atom stereocenters. The van der Waals surface area contributed by atoms with Crippen molar-refractivity contribution in [2.24, 2.45) is 5.10 Å². The van der Waals surface area contributed by atoms with E-state index in [0.29, 0.717) is 12.0 Å². The van der Waals surface area contributed by atoms with Crippen LogP contribution in [-0.4, -0.2) is 74.8 Å². The van der Waals surface area contributed by atoms with Crippen molar-refractivity contribution in [3.63, 3.8) is 0 Å². The van der Waals surface area contributed by atoms with Crippen LogP contribution in [0.1, 0.15) is 18.1 Å². The number of anilines is 2. The van der Waals surface area contributed by atoms with Crippen molar-refractivity contribution in [2.45, 2.75) is 25.7 Å². The molecule has 2 aliphatic heterocycles. The number of carbonyl (C=O) groups is 1. The minimum atomic E-state index is -4.77. The number of nitrogens with zero attached hydrogens (tertiary/aromatic N) is 5. The Bertz CT molecular complexity index is 1050. The number of fused-ring (bicyclic) bond motifs is 1. The van der Waals surface area contributed by atoms with Crippen LogP contribution in [0.4, 0.5) is 29.3 Å². The number of hydrazone groups is 1. The largest absolute Gasteiger partial charge is 0.573 e. The van der Waals surface area contributed by atoms with Gasteiger partial charge >= 0.3 is 12.4 Å². The smallest absolute Gasteiger partial charge is 0.406 e. The van der Waals surface area contributed by atoms with E-state index in [9.17, 15) is 18.0 Å². The van der Waals surface area contributed by atoms with E-state index in [0.717, 1.165) is 43.1 Å². The Balaban J connectivity index is 1.46. The molecule has 0 aromatic heterocycles. The lowest BCUT2D eigenvalue weighted by Gasteiger charge is -2.34. The minimum absolute atomic E-state index is 0.286. The number of benzene rings is 2. The summed E-state index contributed by atoms with van der Waals surface area (Å²) in [5.41, 5.74) is 3.13. The molecule has 2 aromatic carbocycles. The highest BCUT2D eigenvalue weighted by molar-refractivity contribution is 5.93. The van der Waals surface area contributed by atoms with Gasteiger partial charge in [0.05, 0.1) is 12.3 Å². The second-order valence-corrected chi connectivity index (χ2v) is 8.70. The number of hydrogen-bond acceptors (Lipinski definition) is 5. The number of hydrogen-bond donors (Lipinski definition) is 0. The standard InChI is InChI=1S/C24H28F3N5O2/c1-17-14-18-4-9-22(34-24(25,26)27)15-19(18)16-28-32(17)23(33)30(3)20-5-7-21(8-6-20)31-12-10-29(2)11-13-31/h4-9,15-17H,10-14H2,1-3H3/t17-/m1/s1. The van der Waals surface area contributed by atoms with E-state index in [2.05, 4.69) is 26.7 Å². The molecule has 0 radical (unpaired) electrons. The first-order chi connectivity index (χ1) is 16.1. The van der Waals surface area contributed by atoms with Crippen LogP contribution in [-0.2, 0) is 6.42 Å². The quantitative estimate of drug-likeness (QED) is 0.669. The number of urea groups is 1. The summed E-state index contributed by atoms with van der Waals surface area (Å²) in [6, 6.07) is 11.4. The molecular formula is C24H28F3N5O2. The molecule has 0 spiro atoms. The van der Waals surface area contributed by atoms with Crippen LogP contribution in [0.2, 0.25) is 0 Å². The molecule has 2 heterocycles. The summed E-state index contributed by atoms with van der Waals surface area (Å²) >= 11 is 0. The van der Waals surface area contributed by atoms with E-state index in [4.69, 9.17) is 0 Å². The maximum Gasteiger partial charge on any atom is 0.573 e. The first kappa shape index (κ1) is 23.9. The van der Waals surface area contributed by atoms with Gasteiger partial charge in [-0.3, -0.25) is 4.90 Å². The molecule has 10 heteroatoms. The van der Waals surface area contributed by atoms with Crippen molar-refractivity contribution >= 4 is 23.6 Å².